The molecule has 2 N–H and O–H groups in total. The first-order valence-corrected chi connectivity index (χ1v) is 13.8. The van der Waals surface area contributed by atoms with Crippen LogP contribution in [0.4, 0.5) is 10.5 Å². The van der Waals surface area contributed by atoms with E-state index in [1.807, 2.05) is 30.3 Å². The van der Waals surface area contributed by atoms with Crippen LogP contribution in [-0.4, -0.2) is 62.3 Å². The lowest BCUT2D eigenvalue weighted by atomic mass is 9.91. The summed E-state index contributed by atoms with van der Waals surface area (Å²) < 4.78 is 16.0. The molecule has 0 saturated carbocycles. The number of amides is 4. The number of halogens is 1. The molecule has 1 unspecified atom stereocenters. The van der Waals surface area contributed by atoms with Gasteiger partial charge in [0.15, 0.2) is 0 Å². The van der Waals surface area contributed by atoms with Crippen molar-refractivity contribution in [2.75, 3.05) is 38.9 Å². The van der Waals surface area contributed by atoms with Crippen molar-refractivity contribution >= 4 is 35.1 Å². The first-order chi connectivity index (χ1) is 20.3. The van der Waals surface area contributed by atoms with E-state index in [1.165, 1.54) is 0 Å². The Morgan fingerprint density at radius 1 is 1.05 bits per heavy atom. The normalized spacial score (nSPS) is 16.0. The van der Waals surface area contributed by atoms with Crippen LogP contribution in [0.5, 0.6) is 5.75 Å². The van der Waals surface area contributed by atoms with Gasteiger partial charge in [0, 0.05) is 18.6 Å². The standard InChI is InChI=1S/C32H32ClN3O6/c1-4-22-10-15-27(26(33)20-22)34-30(37)29(21(2)23-8-6-5-7-9-23)36-31(38)28(35-32(36)39)24-11-13-25(14-12-24)42-19-18-41-17-16-40-3/h1,5-15,20-21,28-29H,16-19H2,2-3H3,(H,34,37)(H,35,39)/t21-,28?,29-/m0/s1. The third-order valence-corrected chi connectivity index (χ3v) is 7.16. The molecule has 218 valence electrons. The third-order valence-electron chi connectivity index (χ3n) is 6.85. The Bertz CT molecular complexity index is 1440. The Labute approximate surface area is 250 Å². The van der Waals surface area contributed by atoms with Crippen molar-refractivity contribution in [2.24, 2.45) is 0 Å². The Morgan fingerprint density at radius 2 is 1.76 bits per heavy atom. The fourth-order valence-corrected chi connectivity index (χ4v) is 4.85. The second-order valence-electron chi connectivity index (χ2n) is 9.59. The molecule has 4 rings (SSSR count). The number of methoxy groups -OCH3 is 1. The zero-order valence-corrected chi connectivity index (χ0v) is 24.1. The molecule has 1 heterocycles. The zero-order valence-electron chi connectivity index (χ0n) is 23.3. The van der Waals surface area contributed by atoms with Crippen LogP contribution in [0.2, 0.25) is 5.02 Å². The van der Waals surface area contributed by atoms with E-state index < -0.39 is 35.8 Å². The fraction of sp³-hybridized carbons (Fsp3) is 0.281. The predicted octanol–water partition coefficient (Wildman–Crippen LogP) is 4.77. The predicted molar refractivity (Wildman–Crippen MR) is 159 cm³/mol. The lowest BCUT2D eigenvalue weighted by Crippen LogP contribution is -2.50. The average molecular weight is 590 g/mol. The highest BCUT2D eigenvalue weighted by atomic mass is 35.5. The van der Waals surface area contributed by atoms with E-state index in [0.29, 0.717) is 49.0 Å². The molecule has 0 radical (unpaired) electrons. The molecule has 1 aliphatic rings. The molecule has 0 aromatic heterocycles. The minimum Gasteiger partial charge on any atom is -0.491 e. The Hall–Kier alpha value is -4.36. The van der Waals surface area contributed by atoms with E-state index in [1.54, 1.807) is 56.5 Å². The number of carbonyl (C=O) groups is 3. The fourth-order valence-electron chi connectivity index (χ4n) is 4.62. The van der Waals surface area contributed by atoms with Crippen molar-refractivity contribution in [3.05, 3.63) is 94.5 Å². The van der Waals surface area contributed by atoms with E-state index in [4.69, 9.17) is 32.2 Å². The van der Waals surface area contributed by atoms with Gasteiger partial charge in [-0.15, -0.1) is 6.42 Å². The zero-order chi connectivity index (χ0) is 30.1. The van der Waals surface area contributed by atoms with Gasteiger partial charge < -0.3 is 24.8 Å². The second kappa shape index (κ2) is 14.5. The van der Waals surface area contributed by atoms with Gasteiger partial charge >= 0.3 is 6.03 Å². The van der Waals surface area contributed by atoms with Gasteiger partial charge in [0.25, 0.3) is 5.91 Å². The van der Waals surface area contributed by atoms with Crippen molar-refractivity contribution in [1.82, 2.24) is 10.2 Å². The minimum absolute atomic E-state index is 0.240. The number of anilines is 1. The lowest BCUT2D eigenvalue weighted by molar-refractivity contribution is -0.134. The van der Waals surface area contributed by atoms with Crippen LogP contribution in [0.25, 0.3) is 0 Å². The van der Waals surface area contributed by atoms with Crippen molar-refractivity contribution in [3.63, 3.8) is 0 Å². The summed E-state index contributed by atoms with van der Waals surface area (Å²) in [5.41, 5.74) is 2.20. The molecule has 0 aliphatic carbocycles. The summed E-state index contributed by atoms with van der Waals surface area (Å²) in [5.74, 6) is 1.43. The molecule has 3 aromatic carbocycles. The summed E-state index contributed by atoms with van der Waals surface area (Å²) in [4.78, 5) is 41.8. The number of terminal acetylenes is 1. The number of urea groups is 1. The number of hydrogen-bond donors (Lipinski definition) is 2. The number of benzene rings is 3. The summed E-state index contributed by atoms with van der Waals surface area (Å²) in [6.07, 6.45) is 5.45. The topological polar surface area (TPSA) is 106 Å². The molecule has 1 fully saturated rings. The number of nitrogens with one attached hydrogen (secondary N) is 2. The second-order valence-corrected chi connectivity index (χ2v) is 9.99. The highest BCUT2D eigenvalue weighted by Gasteiger charge is 2.47. The SMILES string of the molecule is C#Cc1ccc(NC(=O)[C@H]([C@@H](C)c2ccccc2)N2C(=O)NC(c3ccc(OCCOCCOC)cc3)C2=O)c(Cl)c1. The number of carbonyl (C=O) groups excluding carboxylic acids is 3. The lowest BCUT2D eigenvalue weighted by Gasteiger charge is -2.30. The van der Waals surface area contributed by atoms with Crippen molar-refractivity contribution in [1.29, 1.82) is 0 Å². The molecular weight excluding hydrogens is 558 g/mol. The highest BCUT2D eigenvalue weighted by molar-refractivity contribution is 6.34. The van der Waals surface area contributed by atoms with Gasteiger partial charge in [-0.2, -0.15) is 0 Å². The van der Waals surface area contributed by atoms with E-state index in [0.717, 1.165) is 10.5 Å². The maximum absolute atomic E-state index is 13.8. The van der Waals surface area contributed by atoms with Crippen LogP contribution in [0.1, 0.15) is 35.6 Å². The van der Waals surface area contributed by atoms with Gasteiger partial charge in [-0.3, -0.25) is 9.59 Å². The summed E-state index contributed by atoms with van der Waals surface area (Å²) >= 11 is 6.35. The van der Waals surface area contributed by atoms with E-state index >= 15 is 0 Å². The molecule has 0 bridgehead atoms. The molecule has 4 amide bonds. The number of rotatable bonds is 13. The van der Waals surface area contributed by atoms with E-state index in [9.17, 15) is 14.4 Å². The van der Waals surface area contributed by atoms with Gasteiger partial charge in [-0.05, 0) is 41.5 Å². The smallest absolute Gasteiger partial charge is 0.325 e. The van der Waals surface area contributed by atoms with Gasteiger partial charge in [0.1, 0.15) is 24.4 Å². The van der Waals surface area contributed by atoms with Crippen molar-refractivity contribution in [2.45, 2.75) is 24.9 Å². The largest absolute Gasteiger partial charge is 0.491 e. The van der Waals surface area contributed by atoms with Crippen LogP contribution >= 0.6 is 11.6 Å². The summed E-state index contributed by atoms with van der Waals surface area (Å²) in [5, 5.41) is 5.75. The first kappa shape index (κ1) is 30.6. The first-order valence-electron chi connectivity index (χ1n) is 13.4. The van der Waals surface area contributed by atoms with Crippen LogP contribution in [0, 0.1) is 12.3 Å². The number of hydrogen-bond acceptors (Lipinski definition) is 6. The number of imide groups is 1. The maximum Gasteiger partial charge on any atom is 0.325 e. The quantitative estimate of drug-likeness (QED) is 0.169. The monoisotopic (exact) mass is 589 g/mol. The highest BCUT2D eigenvalue weighted by Crippen LogP contribution is 2.32. The Balaban J connectivity index is 1.53. The van der Waals surface area contributed by atoms with E-state index in [-0.39, 0.29) is 5.02 Å². The van der Waals surface area contributed by atoms with Crippen LogP contribution in [-0.2, 0) is 19.1 Å². The van der Waals surface area contributed by atoms with Gasteiger partial charge in [-0.1, -0.05) is 66.9 Å². The number of nitrogens with zero attached hydrogens (tertiary/aromatic N) is 1. The van der Waals surface area contributed by atoms with Crippen molar-refractivity contribution < 1.29 is 28.6 Å². The molecule has 3 atom stereocenters. The minimum atomic E-state index is -1.17. The maximum atomic E-state index is 13.8. The number of ether oxygens (including phenoxy) is 3. The van der Waals surface area contributed by atoms with Crippen molar-refractivity contribution in [3.8, 4) is 18.1 Å². The molecule has 10 heteroatoms. The van der Waals surface area contributed by atoms with Gasteiger partial charge in [-0.25, -0.2) is 9.69 Å². The Kier molecular flexibility index (Phi) is 10.6. The van der Waals surface area contributed by atoms with Gasteiger partial charge in [0.2, 0.25) is 5.91 Å². The molecule has 42 heavy (non-hydrogen) atoms. The van der Waals surface area contributed by atoms with Crippen LogP contribution < -0.4 is 15.4 Å². The van der Waals surface area contributed by atoms with E-state index in [2.05, 4.69) is 16.6 Å². The Morgan fingerprint density at radius 3 is 2.43 bits per heavy atom. The van der Waals surface area contributed by atoms with Gasteiger partial charge in [0.05, 0.1) is 30.5 Å². The summed E-state index contributed by atoms with van der Waals surface area (Å²) in [6.45, 7) is 3.53. The van der Waals surface area contributed by atoms with Crippen LogP contribution in [0.3, 0.4) is 0 Å². The molecule has 3 aromatic rings. The summed E-state index contributed by atoms with van der Waals surface area (Å²) in [6, 6.07) is 18.0. The molecule has 0 spiro atoms. The molecule has 9 nitrogen and oxygen atoms in total. The summed E-state index contributed by atoms with van der Waals surface area (Å²) in [7, 11) is 1.61. The molecule has 1 saturated heterocycles. The molecule has 1 aliphatic heterocycles. The average Bonchev–Trinajstić information content (AvgIpc) is 3.29. The van der Waals surface area contributed by atoms with Crippen LogP contribution in [0.15, 0.2) is 72.8 Å². The third kappa shape index (κ3) is 7.28. The molecular formula is C32H32ClN3O6.